The molecule has 0 aromatic rings. The van der Waals surface area contributed by atoms with E-state index in [9.17, 15) is 39.0 Å². The first kappa shape index (κ1) is 28.7. The zero-order chi connectivity index (χ0) is 25.2. The lowest BCUT2D eigenvalue weighted by Gasteiger charge is -2.27. The zero-order valence-corrected chi connectivity index (χ0v) is 18.2. The van der Waals surface area contributed by atoms with Gasteiger partial charge in [-0.15, -0.1) is 0 Å². The first-order valence-electron chi connectivity index (χ1n) is 9.81. The number of aliphatic carboxylic acids is 1. The van der Waals surface area contributed by atoms with E-state index in [0.29, 0.717) is 0 Å². The first-order valence-corrected chi connectivity index (χ1v) is 9.81. The largest absolute Gasteiger partial charge is 0.480 e. The van der Waals surface area contributed by atoms with Gasteiger partial charge in [0.25, 0.3) is 0 Å². The molecule has 0 aromatic heterocycles. The number of aliphatic hydroxyl groups is 1. The van der Waals surface area contributed by atoms with E-state index in [0.717, 1.165) is 0 Å². The molecule has 0 rings (SSSR count). The monoisotopic (exact) mass is 460 g/mol. The van der Waals surface area contributed by atoms with Crippen LogP contribution < -0.4 is 33.2 Å². The van der Waals surface area contributed by atoms with E-state index >= 15 is 0 Å². The highest BCUT2D eigenvalue weighted by Crippen LogP contribution is 2.05. The van der Waals surface area contributed by atoms with Gasteiger partial charge in [-0.1, -0.05) is 13.8 Å². The van der Waals surface area contributed by atoms with Crippen molar-refractivity contribution in [2.75, 3.05) is 0 Å². The molecule has 0 spiro atoms. The second-order valence-electron chi connectivity index (χ2n) is 7.64. The smallest absolute Gasteiger partial charge is 0.326 e. The molecule has 5 amide bonds. The average Bonchev–Trinajstić information content (AvgIpc) is 2.65. The quantitative estimate of drug-likeness (QED) is 0.125. The SMILES string of the molecule is CC(C)C(NC(=O)C(NC(=O)C(CC(N)=O)NC(=O)C(N)CCC(N)=O)C(C)O)C(=O)O. The second kappa shape index (κ2) is 13.2. The fraction of sp³-hybridized carbons (Fsp3) is 0.667. The Labute approximate surface area is 184 Å². The summed E-state index contributed by atoms with van der Waals surface area (Å²) in [4.78, 5) is 70.7. The Morgan fingerprint density at radius 3 is 1.75 bits per heavy atom. The van der Waals surface area contributed by atoms with Crippen molar-refractivity contribution in [3.63, 3.8) is 0 Å². The number of nitrogens with two attached hydrogens (primary N) is 3. The molecule has 0 saturated carbocycles. The molecule has 0 saturated heterocycles. The van der Waals surface area contributed by atoms with Gasteiger partial charge in [-0.3, -0.25) is 24.0 Å². The van der Waals surface area contributed by atoms with Crippen molar-refractivity contribution in [1.29, 1.82) is 0 Å². The Morgan fingerprint density at radius 1 is 0.812 bits per heavy atom. The number of hydrogen-bond acceptors (Lipinski definition) is 8. The van der Waals surface area contributed by atoms with Crippen LogP contribution >= 0.6 is 0 Å². The first-order chi connectivity index (χ1) is 14.7. The minimum Gasteiger partial charge on any atom is -0.480 e. The molecule has 0 radical (unpaired) electrons. The lowest BCUT2D eigenvalue weighted by Crippen LogP contribution is -2.60. The van der Waals surface area contributed by atoms with Gasteiger partial charge in [0.05, 0.1) is 18.6 Å². The van der Waals surface area contributed by atoms with Gasteiger partial charge in [0.1, 0.15) is 18.1 Å². The highest BCUT2D eigenvalue weighted by Gasteiger charge is 2.34. The standard InChI is InChI=1S/C18H32N6O8/c1-7(2)13(18(31)32)23-17(30)14(8(3)25)24-16(29)10(6-12(21)27)22-15(28)9(19)4-5-11(20)26/h7-10,13-14,25H,4-6,19H2,1-3H3,(H2,20,26)(H2,21,27)(H,22,28)(H,23,30)(H,24,29)(H,31,32). The summed E-state index contributed by atoms with van der Waals surface area (Å²) < 4.78 is 0. The molecule has 14 nitrogen and oxygen atoms in total. The van der Waals surface area contributed by atoms with Gasteiger partial charge in [-0.05, 0) is 19.3 Å². The van der Waals surface area contributed by atoms with Crippen molar-refractivity contribution < 1.29 is 39.0 Å². The number of nitrogens with one attached hydrogen (secondary N) is 3. The fourth-order valence-electron chi connectivity index (χ4n) is 2.53. The number of aliphatic hydroxyl groups excluding tert-OH is 1. The summed E-state index contributed by atoms with van der Waals surface area (Å²) >= 11 is 0. The lowest BCUT2D eigenvalue weighted by atomic mass is 10.0. The number of carbonyl (C=O) groups excluding carboxylic acids is 5. The van der Waals surface area contributed by atoms with Crippen molar-refractivity contribution in [3.8, 4) is 0 Å². The van der Waals surface area contributed by atoms with Gasteiger partial charge in [0, 0.05) is 6.42 Å². The molecule has 0 bridgehead atoms. The summed E-state index contributed by atoms with van der Waals surface area (Å²) in [5.74, 6) is -6.37. The predicted octanol–water partition coefficient (Wildman–Crippen LogP) is -3.97. The van der Waals surface area contributed by atoms with Crippen LogP contribution in [0.4, 0.5) is 0 Å². The van der Waals surface area contributed by atoms with Crippen LogP contribution in [0.3, 0.4) is 0 Å². The van der Waals surface area contributed by atoms with Crippen molar-refractivity contribution in [3.05, 3.63) is 0 Å². The molecular weight excluding hydrogens is 428 g/mol. The normalized spacial score (nSPS) is 15.6. The summed E-state index contributed by atoms with van der Waals surface area (Å²) in [6, 6.07) is -5.65. The van der Waals surface area contributed by atoms with Crippen molar-refractivity contribution >= 4 is 35.5 Å². The number of carboxylic acids is 1. The molecule has 0 aliphatic rings. The summed E-state index contributed by atoms with van der Waals surface area (Å²) in [6.07, 6.45) is -2.41. The van der Waals surface area contributed by atoms with Gasteiger partial charge in [0.2, 0.25) is 29.5 Å². The van der Waals surface area contributed by atoms with Crippen molar-refractivity contribution in [2.24, 2.45) is 23.1 Å². The highest BCUT2D eigenvalue weighted by molar-refractivity contribution is 5.96. The third-order valence-corrected chi connectivity index (χ3v) is 4.37. The van der Waals surface area contributed by atoms with Crippen LogP contribution in [0.15, 0.2) is 0 Å². The third-order valence-electron chi connectivity index (χ3n) is 4.37. The zero-order valence-electron chi connectivity index (χ0n) is 18.2. The molecule has 182 valence electrons. The van der Waals surface area contributed by atoms with Crippen LogP contribution in [-0.4, -0.2) is 76.0 Å². The van der Waals surface area contributed by atoms with Crippen LogP contribution in [0.1, 0.15) is 40.0 Å². The van der Waals surface area contributed by atoms with Crippen LogP contribution in [0.2, 0.25) is 0 Å². The maximum absolute atomic E-state index is 12.6. The Balaban J connectivity index is 5.41. The molecule has 14 heteroatoms. The maximum atomic E-state index is 12.6. The average molecular weight is 460 g/mol. The van der Waals surface area contributed by atoms with E-state index in [1.54, 1.807) is 13.8 Å². The van der Waals surface area contributed by atoms with Gasteiger partial charge in [-0.25, -0.2) is 4.79 Å². The number of carboxylic acid groups (broad SMARTS) is 1. The number of carbonyl (C=O) groups is 6. The summed E-state index contributed by atoms with van der Waals surface area (Å²) in [7, 11) is 0. The molecule has 32 heavy (non-hydrogen) atoms. The second-order valence-corrected chi connectivity index (χ2v) is 7.64. The number of rotatable bonds is 14. The molecule has 0 aliphatic carbocycles. The predicted molar refractivity (Wildman–Crippen MR) is 110 cm³/mol. The third kappa shape index (κ3) is 10.2. The summed E-state index contributed by atoms with van der Waals surface area (Å²) in [5.41, 5.74) is 15.7. The Hall–Kier alpha value is -3.26. The summed E-state index contributed by atoms with van der Waals surface area (Å²) in [5, 5.41) is 25.7. The van der Waals surface area contributed by atoms with E-state index in [1.165, 1.54) is 6.92 Å². The Kier molecular flexibility index (Phi) is 11.9. The van der Waals surface area contributed by atoms with Crippen LogP contribution in [0.5, 0.6) is 0 Å². The Bertz CT molecular complexity index is 726. The van der Waals surface area contributed by atoms with Gasteiger partial charge >= 0.3 is 5.97 Å². The molecule has 0 heterocycles. The summed E-state index contributed by atoms with van der Waals surface area (Å²) in [6.45, 7) is 4.28. The molecule has 5 unspecified atom stereocenters. The van der Waals surface area contributed by atoms with E-state index in [-0.39, 0.29) is 12.8 Å². The fourth-order valence-corrected chi connectivity index (χ4v) is 2.53. The molecule has 0 aromatic carbocycles. The lowest BCUT2D eigenvalue weighted by molar-refractivity contribution is -0.144. The number of amides is 5. The minimum atomic E-state index is -1.60. The van der Waals surface area contributed by atoms with Gasteiger partial charge in [-0.2, -0.15) is 0 Å². The molecule has 5 atom stereocenters. The number of hydrogen-bond donors (Lipinski definition) is 8. The molecular formula is C18H32N6O8. The molecule has 0 fully saturated rings. The van der Waals surface area contributed by atoms with E-state index in [4.69, 9.17) is 17.2 Å². The van der Waals surface area contributed by atoms with E-state index in [2.05, 4.69) is 16.0 Å². The topological polar surface area (TPSA) is 257 Å². The minimum absolute atomic E-state index is 0.115. The molecule has 0 aliphatic heterocycles. The number of primary amides is 2. The van der Waals surface area contributed by atoms with Crippen LogP contribution in [0.25, 0.3) is 0 Å². The van der Waals surface area contributed by atoms with Gasteiger partial charge in [0.15, 0.2) is 0 Å². The highest BCUT2D eigenvalue weighted by atomic mass is 16.4. The Morgan fingerprint density at radius 2 is 1.34 bits per heavy atom. The van der Waals surface area contributed by atoms with Gasteiger partial charge < -0.3 is 43.4 Å². The van der Waals surface area contributed by atoms with Crippen molar-refractivity contribution in [2.45, 2.75) is 70.3 Å². The van der Waals surface area contributed by atoms with E-state index in [1.807, 2.05) is 0 Å². The maximum Gasteiger partial charge on any atom is 0.326 e. The molecule has 11 N–H and O–H groups in total. The van der Waals surface area contributed by atoms with Crippen LogP contribution in [0, 0.1) is 5.92 Å². The van der Waals surface area contributed by atoms with E-state index < -0.39 is 78.1 Å². The van der Waals surface area contributed by atoms with Crippen molar-refractivity contribution in [1.82, 2.24) is 16.0 Å². The van der Waals surface area contributed by atoms with Crippen LogP contribution in [-0.2, 0) is 28.8 Å².